The van der Waals surface area contributed by atoms with E-state index in [0.29, 0.717) is 18.8 Å². The van der Waals surface area contributed by atoms with Gasteiger partial charge in [-0.1, -0.05) is 24.6 Å². The van der Waals surface area contributed by atoms with E-state index in [1.54, 1.807) is 24.3 Å². The van der Waals surface area contributed by atoms with Crippen LogP contribution in [0.1, 0.15) is 25.3 Å². The number of nitriles is 1. The minimum absolute atomic E-state index is 0.261. The number of hydrogen-bond donors (Lipinski definition) is 0. The average molecular weight is 249 g/mol. The molecule has 0 N–H and O–H groups in total. The summed E-state index contributed by atoms with van der Waals surface area (Å²) in [6, 6.07) is 8.72. The summed E-state index contributed by atoms with van der Waals surface area (Å²) in [5.74, 6) is 0.315. The summed E-state index contributed by atoms with van der Waals surface area (Å²) in [6.07, 6.45) is 0.888. The Kier molecular flexibility index (Phi) is 2.75. The van der Waals surface area contributed by atoms with Gasteiger partial charge < -0.3 is 0 Å². The molecule has 3 nitrogen and oxygen atoms in total. The number of aryl methyl sites for hydroxylation is 1. The van der Waals surface area contributed by atoms with Gasteiger partial charge in [0, 0.05) is 0 Å². The number of hydrogen-bond acceptors (Lipinski definition) is 3. The molecule has 1 aromatic carbocycles. The van der Waals surface area contributed by atoms with Crippen molar-refractivity contribution >= 4 is 9.84 Å². The molecular weight excluding hydrogens is 234 g/mol. The molecule has 0 amide bonds. The van der Waals surface area contributed by atoms with Crippen molar-refractivity contribution in [3.8, 4) is 6.07 Å². The molecule has 1 fully saturated rings. The van der Waals surface area contributed by atoms with Gasteiger partial charge in [-0.2, -0.15) is 5.26 Å². The van der Waals surface area contributed by atoms with Crippen molar-refractivity contribution in [3.63, 3.8) is 0 Å². The van der Waals surface area contributed by atoms with Gasteiger partial charge in [0.15, 0.2) is 14.6 Å². The third-order valence-electron chi connectivity index (χ3n) is 3.41. The van der Waals surface area contributed by atoms with Crippen LogP contribution >= 0.6 is 0 Å². The molecule has 90 valence electrons. The molecule has 0 aromatic heterocycles. The van der Waals surface area contributed by atoms with E-state index in [1.807, 2.05) is 19.9 Å². The maximum absolute atomic E-state index is 12.4. The van der Waals surface area contributed by atoms with E-state index in [4.69, 9.17) is 0 Å². The Morgan fingerprint density at radius 1 is 1.29 bits per heavy atom. The van der Waals surface area contributed by atoms with Gasteiger partial charge in [-0.3, -0.25) is 0 Å². The third-order valence-corrected chi connectivity index (χ3v) is 5.75. The van der Waals surface area contributed by atoms with Gasteiger partial charge in [0.25, 0.3) is 0 Å². The molecule has 17 heavy (non-hydrogen) atoms. The standard InChI is InChI=1S/C13H15NO2S/c1-10-3-5-12(6-4-10)17(15,16)13(9-14)7-11(2)8-13/h3-6,11H,7-8H2,1-2H3. The van der Waals surface area contributed by atoms with E-state index < -0.39 is 14.6 Å². The molecule has 4 heteroatoms. The van der Waals surface area contributed by atoms with Gasteiger partial charge in [0.2, 0.25) is 0 Å². The van der Waals surface area contributed by atoms with E-state index in [0.717, 1.165) is 5.56 Å². The van der Waals surface area contributed by atoms with Crippen LogP contribution in [0, 0.1) is 24.2 Å². The van der Waals surface area contributed by atoms with Crippen LogP contribution in [0.25, 0.3) is 0 Å². The molecule has 0 unspecified atom stereocenters. The second-order valence-electron chi connectivity index (χ2n) is 4.94. The van der Waals surface area contributed by atoms with Gasteiger partial charge in [-0.15, -0.1) is 0 Å². The lowest BCUT2D eigenvalue weighted by molar-refractivity contribution is 0.287. The fraction of sp³-hybridized carbons (Fsp3) is 0.462. The van der Waals surface area contributed by atoms with Gasteiger partial charge in [0.05, 0.1) is 11.0 Å². The monoisotopic (exact) mass is 249 g/mol. The summed E-state index contributed by atoms with van der Waals surface area (Å²) in [5.41, 5.74) is 1.01. The lowest BCUT2D eigenvalue weighted by Gasteiger charge is -2.39. The zero-order chi connectivity index (χ0) is 12.7. The van der Waals surface area contributed by atoms with Gasteiger partial charge >= 0.3 is 0 Å². The molecule has 0 saturated heterocycles. The molecule has 1 aliphatic carbocycles. The Balaban J connectivity index is 2.44. The van der Waals surface area contributed by atoms with Gasteiger partial charge in [-0.05, 0) is 37.8 Å². The van der Waals surface area contributed by atoms with Crippen LogP contribution in [-0.4, -0.2) is 13.2 Å². The van der Waals surface area contributed by atoms with Crippen molar-refractivity contribution in [1.82, 2.24) is 0 Å². The number of benzene rings is 1. The first-order chi connectivity index (χ1) is 7.91. The maximum atomic E-state index is 12.4. The van der Waals surface area contributed by atoms with Crippen molar-refractivity contribution in [3.05, 3.63) is 29.8 Å². The third kappa shape index (κ3) is 1.75. The smallest absolute Gasteiger partial charge is 0.197 e. The summed E-state index contributed by atoms with van der Waals surface area (Å²) in [7, 11) is -3.52. The predicted octanol–water partition coefficient (Wildman–Crippen LogP) is 2.46. The van der Waals surface area contributed by atoms with Gasteiger partial charge in [0.1, 0.15) is 0 Å². The average Bonchev–Trinajstić information content (AvgIpc) is 2.24. The van der Waals surface area contributed by atoms with E-state index in [-0.39, 0.29) is 4.90 Å². The molecule has 1 aromatic rings. The molecule has 1 saturated carbocycles. The van der Waals surface area contributed by atoms with Crippen LogP contribution in [-0.2, 0) is 9.84 Å². The number of rotatable bonds is 2. The summed E-state index contributed by atoms with van der Waals surface area (Å²) in [4.78, 5) is 0.261. The summed E-state index contributed by atoms with van der Waals surface area (Å²) in [5, 5.41) is 9.18. The molecule has 1 aliphatic rings. The fourth-order valence-corrected chi connectivity index (χ4v) is 4.45. The second kappa shape index (κ2) is 3.85. The molecule has 0 heterocycles. The zero-order valence-electron chi connectivity index (χ0n) is 9.97. The highest BCUT2D eigenvalue weighted by atomic mass is 32.2. The van der Waals surface area contributed by atoms with E-state index in [1.165, 1.54) is 0 Å². The zero-order valence-corrected chi connectivity index (χ0v) is 10.8. The molecule has 0 aliphatic heterocycles. The Morgan fingerprint density at radius 3 is 2.24 bits per heavy atom. The SMILES string of the molecule is Cc1ccc(S(=O)(=O)C2(C#N)CC(C)C2)cc1. The number of sulfone groups is 1. The highest BCUT2D eigenvalue weighted by Crippen LogP contribution is 2.45. The quantitative estimate of drug-likeness (QED) is 0.809. The summed E-state index contributed by atoms with van der Waals surface area (Å²) < 4.78 is 23.6. The summed E-state index contributed by atoms with van der Waals surface area (Å²) >= 11 is 0. The number of nitrogens with zero attached hydrogens (tertiary/aromatic N) is 1. The molecule has 0 radical (unpaired) electrons. The normalized spacial score (nSPS) is 28.2. The van der Waals surface area contributed by atoms with E-state index >= 15 is 0 Å². The van der Waals surface area contributed by atoms with Crippen LogP contribution in [0.2, 0.25) is 0 Å². The minimum Gasteiger partial charge on any atom is -0.222 e. The highest BCUT2D eigenvalue weighted by Gasteiger charge is 2.53. The first-order valence-corrected chi connectivity index (χ1v) is 7.12. The Labute approximate surface area is 102 Å². The summed E-state index contributed by atoms with van der Waals surface area (Å²) in [6.45, 7) is 3.88. The van der Waals surface area contributed by atoms with Crippen LogP contribution in [0.4, 0.5) is 0 Å². The molecule has 0 bridgehead atoms. The minimum atomic E-state index is -3.52. The van der Waals surface area contributed by atoms with Crippen LogP contribution in [0.3, 0.4) is 0 Å². The van der Waals surface area contributed by atoms with Crippen molar-refractivity contribution < 1.29 is 8.42 Å². The molecule has 2 rings (SSSR count). The van der Waals surface area contributed by atoms with Crippen molar-refractivity contribution in [2.24, 2.45) is 5.92 Å². The molecule has 0 atom stereocenters. The Bertz CT molecular complexity index is 560. The van der Waals surface area contributed by atoms with Crippen LogP contribution in [0.5, 0.6) is 0 Å². The topological polar surface area (TPSA) is 57.9 Å². The lowest BCUT2D eigenvalue weighted by Crippen LogP contribution is -2.48. The maximum Gasteiger partial charge on any atom is 0.197 e. The Hall–Kier alpha value is -1.34. The van der Waals surface area contributed by atoms with Crippen molar-refractivity contribution in [2.45, 2.75) is 36.3 Å². The van der Waals surface area contributed by atoms with Crippen LogP contribution in [0.15, 0.2) is 29.2 Å². The first kappa shape index (κ1) is 12.1. The second-order valence-corrected chi connectivity index (χ2v) is 7.20. The fourth-order valence-electron chi connectivity index (χ4n) is 2.38. The molecule has 0 spiro atoms. The Morgan fingerprint density at radius 2 is 1.82 bits per heavy atom. The highest BCUT2D eigenvalue weighted by molar-refractivity contribution is 7.93. The van der Waals surface area contributed by atoms with E-state index in [9.17, 15) is 13.7 Å². The first-order valence-electron chi connectivity index (χ1n) is 5.64. The van der Waals surface area contributed by atoms with E-state index in [2.05, 4.69) is 0 Å². The lowest BCUT2D eigenvalue weighted by atomic mass is 9.76. The van der Waals surface area contributed by atoms with Crippen LogP contribution < -0.4 is 0 Å². The van der Waals surface area contributed by atoms with Gasteiger partial charge in [-0.25, -0.2) is 8.42 Å². The van der Waals surface area contributed by atoms with Crippen molar-refractivity contribution in [2.75, 3.05) is 0 Å². The predicted molar refractivity (Wildman–Crippen MR) is 65.1 cm³/mol. The largest absolute Gasteiger partial charge is 0.222 e. The molecular formula is C13H15NO2S. The van der Waals surface area contributed by atoms with Crippen molar-refractivity contribution in [1.29, 1.82) is 5.26 Å².